The van der Waals surface area contributed by atoms with Crippen LogP contribution in [0.1, 0.15) is 24.9 Å². The van der Waals surface area contributed by atoms with E-state index in [1.165, 1.54) is 0 Å². The van der Waals surface area contributed by atoms with Gasteiger partial charge in [-0.3, -0.25) is 0 Å². The third-order valence-corrected chi connectivity index (χ3v) is 4.78. The number of hydrogen-bond acceptors (Lipinski definition) is 3. The molecule has 5 heteroatoms. The highest BCUT2D eigenvalue weighted by atomic mass is 79.9. The van der Waals surface area contributed by atoms with Crippen LogP contribution >= 0.6 is 27.7 Å². The lowest BCUT2D eigenvalue weighted by Gasteiger charge is -2.31. The van der Waals surface area contributed by atoms with Crippen LogP contribution in [-0.4, -0.2) is 30.8 Å². The number of benzene rings is 1. The standard InChI is InChI=1S/C14H19BrFNOS/c1-2-6-17-14(12-9-19-8-7-18-12)10-4-3-5-11(15)13(10)16/h3-5,12,14,17H,2,6-9H2,1H3. The largest absolute Gasteiger partial charge is 0.375 e. The average molecular weight is 348 g/mol. The molecule has 1 aliphatic heterocycles. The molecule has 0 amide bonds. The van der Waals surface area contributed by atoms with Crippen LogP contribution < -0.4 is 5.32 Å². The third-order valence-electron chi connectivity index (χ3n) is 3.14. The number of halogens is 2. The molecule has 106 valence electrons. The molecule has 0 radical (unpaired) electrons. The van der Waals surface area contributed by atoms with Crippen molar-refractivity contribution in [2.45, 2.75) is 25.5 Å². The second kappa shape index (κ2) is 7.62. The zero-order chi connectivity index (χ0) is 13.7. The van der Waals surface area contributed by atoms with E-state index in [0.29, 0.717) is 10.0 Å². The molecule has 1 aromatic carbocycles. The van der Waals surface area contributed by atoms with Crippen molar-refractivity contribution < 1.29 is 9.13 Å². The lowest BCUT2D eigenvalue weighted by molar-refractivity contribution is 0.0458. The first-order valence-corrected chi connectivity index (χ1v) is 8.55. The second-order valence-electron chi connectivity index (χ2n) is 4.56. The Bertz CT molecular complexity index is 412. The van der Waals surface area contributed by atoms with Crippen LogP contribution in [0.5, 0.6) is 0 Å². The quantitative estimate of drug-likeness (QED) is 0.876. The van der Waals surface area contributed by atoms with Gasteiger partial charge in [0, 0.05) is 17.1 Å². The Labute approximate surface area is 126 Å². The minimum atomic E-state index is -0.185. The van der Waals surface area contributed by atoms with Gasteiger partial charge in [-0.05, 0) is 35.0 Å². The summed E-state index contributed by atoms with van der Waals surface area (Å²) < 4.78 is 20.6. The first kappa shape index (κ1) is 15.3. The number of ether oxygens (including phenoxy) is 1. The van der Waals surface area contributed by atoms with Crippen LogP contribution in [0.3, 0.4) is 0 Å². The van der Waals surface area contributed by atoms with Gasteiger partial charge in [0.2, 0.25) is 0 Å². The van der Waals surface area contributed by atoms with E-state index in [4.69, 9.17) is 4.74 Å². The monoisotopic (exact) mass is 347 g/mol. The van der Waals surface area contributed by atoms with Gasteiger partial charge in [0.25, 0.3) is 0 Å². The molecule has 0 bridgehead atoms. The van der Waals surface area contributed by atoms with Crippen molar-refractivity contribution >= 4 is 27.7 Å². The number of hydrogen-bond donors (Lipinski definition) is 1. The predicted octanol–water partition coefficient (Wildman–Crippen LogP) is 3.76. The van der Waals surface area contributed by atoms with E-state index >= 15 is 0 Å². The topological polar surface area (TPSA) is 21.3 Å². The number of nitrogens with one attached hydrogen (secondary N) is 1. The van der Waals surface area contributed by atoms with Crippen LogP contribution in [0.25, 0.3) is 0 Å². The summed E-state index contributed by atoms with van der Waals surface area (Å²) in [5.74, 6) is 1.75. The van der Waals surface area contributed by atoms with E-state index < -0.39 is 0 Å². The molecule has 2 rings (SSSR count). The summed E-state index contributed by atoms with van der Waals surface area (Å²) in [4.78, 5) is 0. The molecule has 2 atom stereocenters. The smallest absolute Gasteiger partial charge is 0.142 e. The van der Waals surface area contributed by atoms with Gasteiger partial charge in [-0.25, -0.2) is 4.39 Å². The Morgan fingerprint density at radius 1 is 1.58 bits per heavy atom. The summed E-state index contributed by atoms with van der Waals surface area (Å²) >= 11 is 5.13. The Morgan fingerprint density at radius 2 is 2.42 bits per heavy atom. The summed E-state index contributed by atoms with van der Waals surface area (Å²) in [5.41, 5.74) is 0.690. The number of thioether (sulfide) groups is 1. The van der Waals surface area contributed by atoms with E-state index in [2.05, 4.69) is 28.2 Å². The van der Waals surface area contributed by atoms with Crippen LogP contribution in [0.2, 0.25) is 0 Å². The van der Waals surface area contributed by atoms with Gasteiger partial charge < -0.3 is 10.1 Å². The van der Waals surface area contributed by atoms with Crippen molar-refractivity contribution in [3.05, 3.63) is 34.1 Å². The van der Waals surface area contributed by atoms with Crippen molar-refractivity contribution in [1.29, 1.82) is 0 Å². The number of rotatable bonds is 5. The van der Waals surface area contributed by atoms with Gasteiger partial charge in [-0.2, -0.15) is 11.8 Å². The fraction of sp³-hybridized carbons (Fsp3) is 0.571. The third kappa shape index (κ3) is 3.94. The average Bonchev–Trinajstić information content (AvgIpc) is 2.45. The fourth-order valence-electron chi connectivity index (χ4n) is 2.20. The Kier molecular flexibility index (Phi) is 6.13. The zero-order valence-corrected chi connectivity index (χ0v) is 13.4. The SMILES string of the molecule is CCCNC(c1cccc(Br)c1F)C1CSCCO1. The van der Waals surface area contributed by atoms with Crippen molar-refractivity contribution in [3.8, 4) is 0 Å². The lowest BCUT2D eigenvalue weighted by atomic mass is 10.0. The Morgan fingerprint density at radius 3 is 3.11 bits per heavy atom. The molecule has 2 unspecified atom stereocenters. The van der Waals surface area contributed by atoms with Crippen LogP contribution in [-0.2, 0) is 4.74 Å². The molecule has 0 aliphatic carbocycles. The summed E-state index contributed by atoms with van der Waals surface area (Å²) in [5, 5.41) is 3.42. The van der Waals surface area contributed by atoms with E-state index in [0.717, 1.165) is 31.1 Å². The van der Waals surface area contributed by atoms with E-state index in [1.54, 1.807) is 6.07 Å². The summed E-state index contributed by atoms with van der Waals surface area (Å²) in [6, 6.07) is 5.37. The lowest BCUT2D eigenvalue weighted by Crippen LogP contribution is -2.39. The molecule has 0 spiro atoms. The highest BCUT2D eigenvalue weighted by Crippen LogP contribution is 2.30. The molecule has 1 saturated heterocycles. The normalized spacial score (nSPS) is 21.3. The molecule has 19 heavy (non-hydrogen) atoms. The van der Waals surface area contributed by atoms with E-state index in [-0.39, 0.29) is 18.0 Å². The van der Waals surface area contributed by atoms with Gasteiger partial charge in [0.05, 0.1) is 23.2 Å². The van der Waals surface area contributed by atoms with E-state index in [1.807, 2.05) is 23.9 Å². The van der Waals surface area contributed by atoms with Gasteiger partial charge in [-0.15, -0.1) is 0 Å². The Balaban J connectivity index is 2.22. The van der Waals surface area contributed by atoms with Crippen molar-refractivity contribution in [1.82, 2.24) is 5.32 Å². The molecule has 1 N–H and O–H groups in total. The van der Waals surface area contributed by atoms with Gasteiger partial charge in [0.1, 0.15) is 5.82 Å². The minimum absolute atomic E-state index is 0.0362. The van der Waals surface area contributed by atoms with Crippen LogP contribution in [0, 0.1) is 5.82 Å². The molecule has 0 saturated carbocycles. The fourth-order valence-corrected chi connectivity index (χ4v) is 3.48. The Hall–Kier alpha value is -0.100. The summed E-state index contributed by atoms with van der Waals surface area (Å²) in [6.07, 6.45) is 1.06. The highest BCUT2D eigenvalue weighted by Gasteiger charge is 2.28. The molecule has 1 heterocycles. The van der Waals surface area contributed by atoms with E-state index in [9.17, 15) is 4.39 Å². The van der Waals surface area contributed by atoms with Crippen molar-refractivity contribution in [2.24, 2.45) is 0 Å². The van der Waals surface area contributed by atoms with Gasteiger partial charge in [0.15, 0.2) is 0 Å². The summed E-state index contributed by atoms with van der Waals surface area (Å²) in [7, 11) is 0. The van der Waals surface area contributed by atoms with Crippen molar-refractivity contribution in [2.75, 3.05) is 24.7 Å². The molecule has 2 nitrogen and oxygen atoms in total. The predicted molar refractivity (Wildman–Crippen MR) is 82.2 cm³/mol. The maximum Gasteiger partial charge on any atom is 0.142 e. The van der Waals surface area contributed by atoms with Gasteiger partial charge in [-0.1, -0.05) is 19.1 Å². The molecule has 1 aromatic rings. The maximum atomic E-state index is 14.3. The van der Waals surface area contributed by atoms with Gasteiger partial charge >= 0.3 is 0 Å². The van der Waals surface area contributed by atoms with Crippen LogP contribution in [0.4, 0.5) is 4.39 Å². The second-order valence-corrected chi connectivity index (χ2v) is 6.56. The molecular formula is C14H19BrFNOS. The molecule has 1 fully saturated rings. The molecule has 0 aromatic heterocycles. The molecular weight excluding hydrogens is 329 g/mol. The molecule has 1 aliphatic rings. The first-order valence-electron chi connectivity index (χ1n) is 6.60. The van der Waals surface area contributed by atoms with Crippen LogP contribution in [0.15, 0.2) is 22.7 Å². The van der Waals surface area contributed by atoms with Crippen molar-refractivity contribution in [3.63, 3.8) is 0 Å². The maximum absolute atomic E-state index is 14.3. The minimum Gasteiger partial charge on any atom is -0.375 e. The highest BCUT2D eigenvalue weighted by molar-refractivity contribution is 9.10. The first-order chi connectivity index (χ1) is 9.24. The summed E-state index contributed by atoms with van der Waals surface area (Å²) in [6.45, 7) is 3.72. The zero-order valence-electron chi connectivity index (χ0n) is 11.0.